The number of hydrogen-bond donors (Lipinski definition) is 3. The van der Waals surface area contributed by atoms with Crippen LogP contribution in [0.15, 0.2) is 12.1 Å². The first kappa shape index (κ1) is 14.0. The molecule has 1 atom stereocenters. The quantitative estimate of drug-likeness (QED) is 0.692. The molecule has 6 heteroatoms. The van der Waals surface area contributed by atoms with Gasteiger partial charge in [-0.15, -0.1) is 0 Å². The minimum absolute atomic E-state index is 0.132. The number of carbonyl (C=O) groups excluding carboxylic acids is 1. The van der Waals surface area contributed by atoms with Crippen molar-refractivity contribution in [2.75, 3.05) is 6.61 Å². The highest BCUT2D eigenvalue weighted by atomic mass is 16.5. The Morgan fingerprint density at radius 1 is 1.33 bits per heavy atom. The Morgan fingerprint density at radius 3 is 2.22 bits per heavy atom. The van der Waals surface area contributed by atoms with Crippen molar-refractivity contribution in [3.05, 3.63) is 28.8 Å². The molecule has 0 heterocycles. The van der Waals surface area contributed by atoms with E-state index < -0.39 is 17.9 Å². The van der Waals surface area contributed by atoms with E-state index in [1.165, 1.54) is 0 Å². The van der Waals surface area contributed by atoms with Gasteiger partial charge in [0.25, 0.3) is 0 Å². The molecule has 98 valence electrons. The molecule has 0 aromatic heterocycles. The minimum Gasteiger partial charge on any atom is -0.491 e. The van der Waals surface area contributed by atoms with Crippen LogP contribution in [0.1, 0.15) is 21.5 Å². The van der Waals surface area contributed by atoms with Crippen LogP contribution in [0, 0.1) is 13.8 Å². The first-order chi connectivity index (χ1) is 8.32. The third-order valence-corrected chi connectivity index (χ3v) is 2.47. The molecule has 0 aliphatic carbocycles. The molecule has 0 bridgehead atoms. The molecule has 1 amide bonds. The van der Waals surface area contributed by atoms with Crippen molar-refractivity contribution in [2.45, 2.75) is 19.9 Å². The molecule has 0 radical (unpaired) electrons. The van der Waals surface area contributed by atoms with E-state index in [1.807, 2.05) is 0 Å². The fourth-order valence-electron chi connectivity index (χ4n) is 1.56. The first-order valence-electron chi connectivity index (χ1n) is 5.35. The van der Waals surface area contributed by atoms with Gasteiger partial charge in [0.1, 0.15) is 18.4 Å². The van der Waals surface area contributed by atoms with Crippen LogP contribution >= 0.6 is 0 Å². The average molecular weight is 252 g/mol. The Morgan fingerprint density at radius 2 is 1.83 bits per heavy atom. The number of carboxylic acids is 1. The number of primary amides is 1. The summed E-state index contributed by atoms with van der Waals surface area (Å²) in [5.74, 6) is -1.12. The molecule has 1 aromatic carbocycles. The zero-order valence-corrected chi connectivity index (χ0v) is 10.3. The molecule has 0 fully saturated rings. The lowest BCUT2D eigenvalue weighted by Crippen LogP contribution is -2.36. The second-order valence-electron chi connectivity index (χ2n) is 4.06. The lowest BCUT2D eigenvalue weighted by atomic mass is 10.1. The van der Waals surface area contributed by atoms with E-state index in [2.05, 4.69) is 0 Å². The second-order valence-corrected chi connectivity index (χ2v) is 4.06. The maximum atomic E-state index is 11.1. The standard InChI is InChI=1S/C12H16N2O4/c1-6-3-8(11(14)15)4-7(2)10(6)18-5-9(13)12(16)17/h3-4,9H,5,13H2,1-2H3,(H2,14,15)(H,16,17). The number of rotatable bonds is 5. The van der Waals surface area contributed by atoms with E-state index >= 15 is 0 Å². The number of carboxylic acid groups (broad SMARTS) is 1. The summed E-state index contributed by atoms with van der Waals surface area (Å²) in [5.41, 5.74) is 12.3. The fraction of sp³-hybridized carbons (Fsp3) is 0.333. The van der Waals surface area contributed by atoms with Gasteiger partial charge in [0.2, 0.25) is 5.91 Å². The Hall–Kier alpha value is -2.08. The Balaban J connectivity index is 2.90. The van der Waals surface area contributed by atoms with Gasteiger partial charge in [-0.25, -0.2) is 0 Å². The molecular weight excluding hydrogens is 236 g/mol. The number of aryl methyl sites for hydroxylation is 2. The maximum Gasteiger partial charge on any atom is 0.324 e. The van der Waals surface area contributed by atoms with E-state index in [-0.39, 0.29) is 6.61 Å². The van der Waals surface area contributed by atoms with Crippen LogP contribution in [0.3, 0.4) is 0 Å². The van der Waals surface area contributed by atoms with Gasteiger partial charge >= 0.3 is 5.97 Å². The van der Waals surface area contributed by atoms with Gasteiger partial charge in [-0.1, -0.05) is 0 Å². The number of hydrogen-bond acceptors (Lipinski definition) is 4. The highest BCUT2D eigenvalue weighted by Gasteiger charge is 2.15. The molecule has 0 saturated heterocycles. The van der Waals surface area contributed by atoms with Crippen molar-refractivity contribution >= 4 is 11.9 Å². The van der Waals surface area contributed by atoms with Crippen molar-refractivity contribution < 1.29 is 19.4 Å². The number of aliphatic carboxylic acids is 1. The molecule has 0 saturated carbocycles. The maximum absolute atomic E-state index is 11.1. The summed E-state index contributed by atoms with van der Waals surface area (Å²) in [4.78, 5) is 21.6. The SMILES string of the molecule is Cc1cc(C(N)=O)cc(C)c1OCC(N)C(=O)O. The normalized spacial score (nSPS) is 11.9. The zero-order chi connectivity index (χ0) is 13.9. The summed E-state index contributed by atoms with van der Waals surface area (Å²) in [6, 6.07) is 2.10. The van der Waals surface area contributed by atoms with Crippen LogP contribution in [-0.2, 0) is 4.79 Å². The lowest BCUT2D eigenvalue weighted by molar-refractivity contribution is -0.139. The minimum atomic E-state index is -1.13. The van der Waals surface area contributed by atoms with Gasteiger partial charge < -0.3 is 21.3 Å². The van der Waals surface area contributed by atoms with Crippen molar-refractivity contribution in [2.24, 2.45) is 11.5 Å². The monoisotopic (exact) mass is 252 g/mol. The van der Waals surface area contributed by atoms with Crippen LogP contribution in [0.2, 0.25) is 0 Å². The average Bonchev–Trinajstić information content (AvgIpc) is 2.26. The molecule has 1 aromatic rings. The lowest BCUT2D eigenvalue weighted by Gasteiger charge is -2.14. The summed E-state index contributed by atoms with van der Waals surface area (Å²) in [6.45, 7) is 3.37. The summed E-state index contributed by atoms with van der Waals surface area (Å²) >= 11 is 0. The van der Waals surface area contributed by atoms with Crippen molar-refractivity contribution in [3.8, 4) is 5.75 Å². The molecule has 0 aliphatic rings. The fourth-order valence-corrected chi connectivity index (χ4v) is 1.56. The van der Waals surface area contributed by atoms with Gasteiger partial charge in [-0.05, 0) is 37.1 Å². The van der Waals surface area contributed by atoms with Crippen LogP contribution in [0.5, 0.6) is 5.75 Å². The second kappa shape index (κ2) is 5.50. The van der Waals surface area contributed by atoms with Crippen LogP contribution in [0.4, 0.5) is 0 Å². The summed E-state index contributed by atoms with van der Waals surface area (Å²) in [6.07, 6.45) is 0. The van der Waals surface area contributed by atoms with Gasteiger partial charge in [0.15, 0.2) is 0 Å². The third kappa shape index (κ3) is 3.21. The van der Waals surface area contributed by atoms with Crippen LogP contribution in [-0.4, -0.2) is 29.6 Å². The number of amides is 1. The molecule has 0 aliphatic heterocycles. The predicted octanol–water partition coefficient (Wildman–Crippen LogP) is 0.193. The Bertz CT molecular complexity index is 462. The largest absolute Gasteiger partial charge is 0.491 e. The third-order valence-electron chi connectivity index (χ3n) is 2.47. The molecule has 5 N–H and O–H groups in total. The van der Waals surface area contributed by atoms with E-state index in [9.17, 15) is 9.59 Å². The zero-order valence-electron chi connectivity index (χ0n) is 10.3. The first-order valence-corrected chi connectivity index (χ1v) is 5.35. The topological polar surface area (TPSA) is 116 Å². The predicted molar refractivity (Wildman–Crippen MR) is 65.5 cm³/mol. The summed E-state index contributed by atoms with van der Waals surface area (Å²) in [5, 5.41) is 8.65. The number of nitrogens with two attached hydrogens (primary N) is 2. The summed E-state index contributed by atoms with van der Waals surface area (Å²) in [7, 11) is 0. The van der Waals surface area contributed by atoms with Crippen LogP contribution < -0.4 is 16.2 Å². The number of carbonyl (C=O) groups is 2. The number of ether oxygens (including phenoxy) is 1. The molecule has 1 rings (SSSR count). The molecular formula is C12H16N2O4. The van der Waals surface area contributed by atoms with E-state index in [4.69, 9.17) is 21.3 Å². The highest BCUT2D eigenvalue weighted by Crippen LogP contribution is 2.24. The Labute approximate surface area is 105 Å². The van der Waals surface area contributed by atoms with Gasteiger partial charge in [0, 0.05) is 5.56 Å². The van der Waals surface area contributed by atoms with E-state index in [0.717, 1.165) is 0 Å². The Kier molecular flexibility index (Phi) is 4.28. The smallest absolute Gasteiger partial charge is 0.324 e. The van der Waals surface area contributed by atoms with Crippen molar-refractivity contribution in [3.63, 3.8) is 0 Å². The van der Waals surface area contributed by atoms with Gasteiger partial charge in [-0.3, -0.25) is 9.59 Å². The molecule has 0 spiro atoms. The molecule has 6 nitrogen and oxygen atoms in total. The summed E-state index contributed by atoms with van der Waals surface area (Å²) < 4.78 is 5.37. The molecule has 18 heavy (non-hydrogen) atoms. The molecule has 1 unspecified atom stereocenters. The number of benzene rings is 1. The van der Waals surface area contributed by atoms with Crippen molar-refractivity contribution in [1.82, 2.24) is 0 Å². The van der Waals surface area contributed by atoms with E-state index in [1.54, 1.807) is 26.0 Å². The van der Waals surface area contributed by atoms with Gasteiger partial charge in [-0.2, -0.15) is 0 Å². The highest BCUT2D eigenvalue weighted by molar-refractivity contribution is 5.93. The van der Waals surface area contributed by atoms with E-state index in [0.29, 0.717) is 22.4 Å². The van der Waals surface area contributed by atoms with Crippen molar-refractivity contribution in [1.29, 1.82) is 0 Å². The van der Waals surface area contributed by atoms with Crippen LogP contribution in [0.25, 0.3) is 0 Å². The van der Waals surface area contributed by atoms with Gasteiger partial charge in [0.05, 0.1) is 0 Å².